The van der Waals surface area contributed by atoms with Gasteiger partial charge < -0.3 is 4.40 Å². The zero-order chi connectivity index (χ0) is 13.5. The number of fused-ring (bicyclic) bond motifs is 3. The van der Waals surface area contributed by atoms with Gasteiger partial charge in [0, 0.05) is 20.1 Å². The zero-order valence-electron chi connectivity index (χ0n) is 11.5. The molecule has 0 aliphatic carbocycles. The van der Waals surface area contributed by atoms with Gasteiger partial charge in [0.25, 0.3) is 0 Å². The molecule has 105 valence electrons. The second-order valence-corrected chi connectivity index (χ2v) is 4.92. The normalized spacial score (nSPS) is 10.7. The second-order valence-electron chi connectivity index (χ2n) is 4.92. The summed E-state index contributed by atoms with van der Waals surface area (Å²) in [4.78, 5) is 4.75. The summed E-state index contributed by atoms with van der Waals surface area (Å²) in [6, 6.07) is 21.8. The molecule has 0 unspecified atom stereocenters. The fraction of sp³-hybridized carbons (Fsp3) is 0.0556. The van der Waals surface area contributed by atoms with Crippen LogP contribution in [-0.2, 0) is 20.1 Å². The first kappa shape index (κ1) is 14.0. The van der Waals surface area contributed by atoms with Gasteiger partial charge in [-0.2, -0.15) is 0 Å². The summed E-state index contributed by atoms with van der Waals surface area (Å²) in [5.41, 5.74) is 4.35. The smallest absolute Gasteiger partial charge is 0.0658 e. The Kier molecular flexibility index (Phi) is 3.62. The van der Waals surface area contributed by atoms with E-state index in [1.807, 2.05) is 18.2 Å². The van der Waals surface area contributed by atoms with Crippen LogP contribution >= 0.6 is 0 Å². The Morgan fingerprint density at radius 1 is 1.00 bits per heavy atom. The van der Waals surface area contributed by atoms with Crippen molar-refractivity contribution in [2.24, 2.45) is 0 Å². The van der Waals surface area contributed by atoms with Crippen LogP contribution in [0.25, 0.3) is 27.7 Å². The average Bonchev–Trinajstić information content (AvgIpc) is 2.84. The van der Waals surface area contributed by atoms with E-state index in [4.69, 9.17) is 4.98 Å². The largest absolute Gasteiger partial charge is 0.340 e. The summed E-state index contributed by atoms with van der Waals surface area (Å²) in [7, 11) is 0. The molecule has 0 aliphatic rings. The molecule has 2 heterocycles. The summed E-state index contributed by atoms with van der Waals surface area (Å²) in [6.07, 6.45) is 2.09. The van der Waals surface area contributed by atoms with Gasteiger partial charge >= 0.3 is 0 Å². The summed E-state index contributed by atoms with van der Waals surface area (Å²) >= 11 is 0. The molecule has 0 fully saturated rings. The van der Waals surface area contributed by atoms with E-state index in [1.165, 1.54) is 10.9 Å². The first-order chi connectivity index (χ1) is 9.84. The number of benzene rings is 2. The van der Waals surface area contributed by atoms with Gasteiger partial charge in [0.15, 0.2) is 0 Å². The Labute approximate surface area is 136 Å². The molecule has 3 heteroatoms. The molecule has 0 saturated carbocycles. The van der Waals surface area contributed by atoms with Crippen molar-refractivity contribution in [2.45, 2.75) is 6.92 Å². The topological polar surface area (TPSA) is 17.3 Å². The van der Waals surface area contributed by atoms with Crippen molar-refractivity contribution in [3.8, 4) is 11.3 Å². The van der Waals surface area contributed by atoms with Crippen LogP contribution in [0, 0.1) is 13.0 Å². The van der Waals surface area contributed by atoms with Gasteiger partial charge in [0.2, 0.25) is 0 Å². The Morgan fingerprint density at radius 2 is 1.81 bits per heavy atom. The fourth-order valence-electron chi connectivity index (χ4n) is 2.75. The molecule has 0 N–H and O–H groups in total. The molecule has 4 aromatic rings. The summed E-state index contributed by atoms with van der Waals surface area (Å²) in [6.45, 7) is 2.06. The van der Waals surface area contributed by atoms with Crippen LogP contribution in [-0.4, -0.2) is 9.38 Å². The minimum atomic E-state index is 0. The second kappa shape index (κ2) is 5.44. The minimum absolute atomic E-state index is 0. The summed E-state index contributed by atoms with van der Waals surface area (Å²) in [5.74, 6) is 0. The van der Waals surface area contributed by atoms with Crippen molar-refractivity contribution < 1.29 is 20.1 Å². The molecular formula is C18H13IrN2-. The molecule has 2 aromatic carbocycles. The van der Waals surface area contributed by atoms with E-state index in [9.17, 15) is 0 Å². The number of aryl methyl sites for hydroxylation is 1. The summed E-state index contributed by atoms with van der Waals surface area (Å²) < 4.78 is 2.16. The number of rotatable bonds is 1. The van der Waals surface area contributed by atoms with Crippen molar-refractivity contribution in [1.82, 2.24) is 9.38 Å². The average molecular weight is 450 g/mol. The van der Waals surface area contributed by atoms with E-state index in [-0.39, 0.29) is 20.1 Å². The van der Waals surface area contributed by atoms with Gasteiger partial charge in [-0.25, -0.2) is 0 Å². The van der Waals surface area contributed by atoms with Gasteiger partial charge in [-0.05, 0) is 18.7 Å². The Bertz CT molecular complexity index is 910. The molecule has 2 aromatic heterocycles. The van der Waals surface area contributed by atoms with Gasteiger partial charge in [-0.1, -0.05) is 36.4 Å². The van der Waals surface area contributed by atoms with Gasteiger partial charge in [0.1, 0.15) is 0 Å². The van der Waals surface area contributed by atoms with E-state index in [1.54, 1.807) is 0 Å². The monoisotopic (exact) mass is 450 g/mol. The molecule has 0 amide bonds. The van der Waals surface area contributed by atoms with Crippen LogP contribution in [0.3, 0.4) is 0 Å². The number of pyridine rings is 1. The quantitative estimate of drug-likeness (QED) is 0.397. The Hall–Kier alpha value is -1.96. The third kappa shape index (κ3) is 2.19. The van der Waals surface area contributed by atoms with Gasteiger partial charge in [-0.3, -0.25) is 4.98 Å². The molecule has 4 rings (SSSR count). The van der Waals surface area contributed by atoms with E-state index in [0.717, 1.165) is 22.4 Å². The van der Waals surface area contributed by atoms with E-state index < -0.39 is 0 Å². The van der Waals surface area contributed by atoms with E-state index >= 15 is 0 Å². The summed E-state index contributed by atoms with van der Waals surface area (Å²) in [5, 5.41) is 2.24. The third-order valence-electron chi connectivity index (χ3n) is 3.65. The molecular weight excluding hydrogens is 436 g/mol. The number of hydrogen-bond donors (Lipinski definition) is 0. The van der Waals surface area contributed by atoms with Crippen molar-refractivity contribution >= 4 is 16.4 Å². The van der Waals surface area contributed by atoms with Gasteiger partial charge in [0.05, 0.1) is 17.0 Å². The maximum Gasteiger partial charge on any atom is 0.0658 e. The Morgan fingerprint density at radius 3 is 2.62 bits per heavy atom. The minimum Gasteiger partial charge on any atom is -0.340 e. The van der Waals surface area contributed by atoms with Crippen LogP contribution in [0.2, 0.25) is 0 Å². The fourth-order valence-corrected chi connectivity index (χ4v) is 2.75. The molecule has 0 bridgehead atoms. The maximum atomic E-state index is 4.75. The Balaban J connectivity index is 0.00000132. The van der Waals surface area contributed by atoms with Crippen molar-refractivity contribution in [2.75, 3.05) is 0 Å². The number of aromatic nitrogens is 2. The number of imidazole rings is 1. The zero-order valence-corrected chi connectivity index (χ0v) is 13.9. The predicted molar refractivity (Wildman–Crippen MR) is 81.7 cm³/mol. The van der Waals surface area contributed by atoms with Crippen LogP contribution in [0.4, 0.5) is 0 Å². The SMILES string of the molecule is Cc1nc2c3[c-]cccc3ccn2c1-c1ccccc1.[Ir]. The van der Waals surface area contributed by atoms with Crippen LogP contribution < -0.4 is 0 Å². The third-order valence-corrected chi connectivity index (χ3v) is 3.65. The standard InChI is InChI=1S/C18H13N2.Ir/c1-13-17(15-8-3-2-4-9-15)20-12-11-14-7-5-6-10-16(14)18(20)19-13;/h2-9,11-12H,1H3;/q-1;. The molecule has 1 radical (unpaired) electrons. The first-order valence-electron chi connectivity index (χ1n) is 6.68. The molecule has 0 aliphatic heterocycles. The van der Waals surface area contributed by atoms with Crippen molar-refractivity contribution in [3.05, 3.63) is 72.6 Å². The van der Waals surface area contributed by atoms with E-state index in [0.29, 0.717) is 0 Å². The molecule has 2 nitrogen and oxygen atoms in total. The number of hydrogen-bond acceptors (Lipinski definition) is 1. The molecule has 0 atom stereocenters. The number of nitrogens with zero attached hydrogens (tertiary/aromatic N) is 2. The van der Waals surface area contributed by atoms with Crippen molar-refractivity contribution in [1.29, 1.82) is 0 Å². The van der Waals surface area contributed by atoms with Crippen LogP contribution in [0.5, 0.6) is 0 Å². The van der Waals surface area contributed by atoms with Crippen LogP contribution in [0.1, 0.15) is 5.69 Å². The molecule has 21 heavy (non-hydrogen) atoms. The molecule has 0 spiro atoms. The van der Waals surface area contributed by atoms with Crippen LogP contribution in [0.15, 0.2) is 60.8 Å². The maximum absolute atomic E-state index is 4.75. The first-order valence-corrected chi connectivity index (χ1v) is 6.68. The van der Waals surface area contributed by atoms with Crippen molar-refractivity contribution in [3.63, 3.8) is 0 Å². The molecule has 0 saturated heterocycles. The van der Waals surface area contributed by atoms with Gasteiger partial charge in [-0.15, -0.1) is 35.0 Å². The predicted octanol–water partition coefficient (Wildman–Crippen LogP) is 4.26. The van der Waals surface area contributed by atoms with E-state index in [2.05, 4.69) is 60.0 Å².